The molecule has 0 spiro atoms. The summed E-state index contributed by atoms with van der Waals surface area (Å²) < 4.78 is 5.68. The summed E-state index contributed by atoms with van der Waals surface area (Å²) in [6, 6.07) is 6.00. The average Bonchev–Trinajstić information content (AvgIpc) is 2.19. The Morgan fingerprint density at radius 3 is 2.71 bits per heavy atom. The predicted octanol–water partition coefficient (Wildman–Crippen LogP) is 2.99. The lowest BCUT2D eigenvalue weighted by Gasteiger charge is -2.31. The van der Waals surface area contributed by atoms with Gasteiger partial charge in [-0.15, -0.1) is 0 Å². The summed E-state index contributed by atoms with van der Waals surface area (Å²) in [6.45, 7) is 7.90. The summed E-state index contributed by atoms with van der Waals surface area (Å²) in [5, 5.41) is 2.90. The van der Waals surface area contributed by atoms with Crippen LogP contribution in [0.4, 0.5) is 5.69 Å². The highest BCUT2D eigenvalue weighted by atomic mass is 16.5. The highest BCUT2D eigenvalue weighted by Gasteiger charge is 2.35. The third-order valence-corrected chi connectivity index (χ3v) is 2.85. The molecule has 0 atom stereocenters. The van der Waals surface area contributed by atoms with Gasteiger partial charge in [0.15, 0.2) is 5.60 Å². The lowest BCUT2D eigenvalue weighted by atomic mass is 10.0. The van der Waals surface area contributed by atoms with Gasteiger partial charge in [-0.25, -0.2) is 0 Å². The van der Waals surface area contributed by atoms with Crippen LogP contribution in [-0.2, 0) is 11.2 Å². The Morgan fingerprint density at radius 1 is 1.35 bits per heavy atom. The molecule has 1 aromatic carbocycles. The molecule has 0 saturated heterocycles. The Balaban J connectivity index is 2.29. The number of hydrogen-bond acceptors (Lipinski definition) is 2. The number of carbonyl (C=O) groups is 1. The van der Waals surface area contributed by atoms with Crippen LogP contribution < -0.4 is 10.1 Å². The fraction of sp³-hybridized carbons (Fsp3) is 0.500. The second-order valence-corrected chi connectivity index (χ2v) is 5.49. The van der Waals surface area contributed by atoms with Gasteiger partial charge in [0.2, 0.25) is 0 Å². The van der Waals surface area contributed by atoms with E-state index in [0.29, 0.717) is 5.92 Å². The molecule has 3 heteroatoms. The van der Waals surface area contributed by atoms with E-state index >= 15 is 0 Å². The first-order chi connectivity index (χ1) is 7.88. The van der Waals surface area contributed by atoms with Gasteiger partial charge in [-0.2, -0.15) is 0 Å². The van der Waals surface area contributed by atoms with Gasteiger partial charge in [-0.1, -0.05) is 19.9 Å². The van der Waals surface area contributed by atoms with E-state index in [1.54, 1.807) is 13.8 Å². The number of benzene rings is 1. The van der Waals surface area contributed by atoms with Crippen molar-refractivity contribution in [2.45, 2.75) is 39.7 Å². The molecule has 0 radical (unpaired) electrons. The maximum Gasteiger partial charge on any atom is 0.268 e. The first-order valence-corrected chi connectivity index (χ1v) is 6.02. The molecule has 1 heterocycles. The largest absolute Gasteiger partial charge is 0.476 e. The van der Waals surface area contributed by atoms with E-state index in [2.05, 4.69) is 25.2 Å². The topological polar surface area (TPSA) is 38.3 Å². The van der Waals surface area contributed by atoms with Gasteiger partial charge in [0.05, 0.1) is 5.69 Å². The van der Waals surface area contributed by atoms with Crippen LogP contribution in [0, 0.1) is 5.92 Å². The van der Waals surface area contributed by atoms with Crippen LogP contribution >= 0.6 is 0 Å². The summed E-state index contributed by atoms with van der Waals surface area (Å²) >= 11 is 0. The highest BCUT2D eigenvalue weighted by molar-refractivity contribution is 6.00. The van der Waals surface area contributed by atoms with Gasteiger partial charge >= 0.3 is 0 Å². The van der Waals surface area contributed by atoms with Crippen molar-refractivity contribution in [2.75, 3.05) is 5.32 Å². The van der Waals surface area contributed by atoms with Crippen molar-refractivity contribution in [3.05, 3.63) is 23.8 Å². The van der Waals surface area contributed by atoms with E-state index in [-0.39, 0.29) is 5.91 Å². The van der Waals surface area contributed by atoms with Crippen LogP contribution in [0.3, 0.4) is 0 Å². The van der Waals surface area contributed by atoms with Gasteiger partial charge in [-0.05, 0) is 43.9 Å². The van der Waals surface area contributed by atoms with Gasteiger partial charge in [0.1, 0.15) is 5.75 Å². The van der Waals surface area contributed by atoms with Crippen LogP contribution in [0.2, 0.25) is 0 Å². The van der Waals surface area contributed by atoms with Crippen LogP contribution in [0.15, 0.2) is 18.2 Å². The summed E-state index contributed by atoms with van der Waals surface area (Å²) in [6.07, 6.45) is 1.01. The van der Waals surface area contributed by atoms with Crippen molar-refractivity contribution >= 4 is 11.6 Å². The molecule has 0 aliphatic carbocycles. The van der Waals surface area contributed by atoms with Crippen LogP contribution in [-0.4, -0.2) is 11.5 Å². The zero-order valence-electron chi connectivity index (χ0n) is 10.8. The molecule has 1 N–H and O–H groups in total. The Kier molecular flexibility index (Phi) is 2.86. The van der Waals surface area contributed by atoms with E-state index in [1.165, 1.54) is 5.56 Å². The number of nitrogens with one attached hydrogen (secondary N) is 1. The molecule has 0 saturated carbocycles. The number of fused-ring (bicyclic) bond motifs is 1. The lowest BCUT2D eigenvalue weighted by molar-refractivity contribution is -0.129. The number of rotatable bonds is 2. The normalized spacial score (nSPS) is 17.4. The smallest absolute Gasteiger partial charge is 0.268 e. The maximum atomic E-state index is 11.8. The van der Waals surface area contributed by atoms with Crippen molar-refractivity contribution in [1.82, 2.24) is 0 Å². The molecule has 92 valence electrons. The maximum absolute atomic E-state index is 11.8. The molecule has 1 aliphatic heterocycles. The van der Waals surface area contributed by atoms with Gasteiger partial charge < -0.3 is 10.1 Å². The molecular weight excluding hydrogens is 214 g/mol. The quantitative estimate of drug-likeness (QED) is 0.852. The standard InChI is InChI=1S/C14H19NO2/c1-9(2)7-10-5-6-12-11(8-10)15-13(16)14(3,4)17-12/h5-6,8-9H,7H2,1-4H3,(H,15,16). The minimum absolute atomic E-state index is 0.0910. The zero-order valence-corrected chi connectivity index (χ0v) is 10.8. The summed E-state index contributed by atoms with van der Waals surface area (Å²) in [5.74, 6) is 1.26. The monoisotopic (exact) mass is 233 g/mol. The van der Waals surface area contributed by atoms with Gasteiger partial charge in [-0.3, -0.25) is 4.79 Å². The number of carbonyl (C=O) groups excluding carboxylic acids is 1. The second kappa shape index (κ2) is 4.06. The van der Waals surface area contributed by atoms with Crippen molar-refractivity contribution < 1.29 is 9.53 Å². The fourth-order valence-electron chi connectivity index (χ4n) is 1.96. The minimum atomic E-state index is -0.785. The van der Waals surface area contributed by atoms with E-state index < -0.39 is 5.60 Å². The van der Waals surface area contributed by atoms with E-state index in [4.69, 9.17) is 4.74 Å². The van der Waals surface area contributed by atoms with Crippen molar-refractivity contribution in [3.63, 3.8) is 0 Å². The minimum Gasteiger partial charge on any atom is -0.476 e. The van der Waals surface area contributed by atoms with Crippen LogP contribution in [0.5, 0.6) is 5.75 Å². The Labute approximate surface area is 102 Å². The number of ether oxygens (including phenoxy) is 1. The molecule has 0 unspecified atom stereocenters. The van der Waals surface area contributed by atoms with E-state index in [1.807, 2.05) is 12.1 Å². The third kappa shape index (κ3) is 2.43. The molecule has 2 rings (SSSR count). The third-order valence-electron chi connectivity index (χ3n) is 2.85. The average molecular weight is 233 g/mol. The molecule has 1 aromatic rings. The molecule has 17 heavy (non-hydrogen) atoms. The highest BCUT2D eigenvalue weighted by Crippen LogP contribution is 2.34. The van der Waals surface area contributed by atoms with Crippen molar-refractivity contribution in [1.29, 1.82) is 0 Å². The fourth-order valence-corrected chi connectivity index (χ4v) is 1.96. The Morgan fingerprint density at radius 2 is 2.06 bits per heavy atom. The van der Waals surface area contributed by atoms with Crippen molar-refractivity contribution in [2.24, 2.45) is 5.92 Å². The van der Waals surface area contributed by atoms with Crippen LogP contribution in [0.25, 0.3) is 0 Å². The summed E-state index contributed by atoms with van der Waals surface area (Å²) in [5.41, 5.74) is 1.22. The van der Waals surface area contributed by atoms with Gasteiger partial charge in [0, 0.05) is 0 Å². The summed E-state index contributed by atoms with van der Waals surface area (Å²) in [4.78, 5) is 11.8. The molecule has 0 fully saturated rings. The molecule has 0 aromatic heterocycles. The summed E-state index contributed by atoms with van der Waals surface area (Å²) in [7, 11) is 0. The van der Waals surface area contributed by atoms with E-state index in [0.717, 1.165) is 17.9 Å². The molecule has 1 aliphatic rings. The van der Waals surface area contributed by atoms with E-state index in [9.17, 15) is 4.79 Å². The Hall–Kier alpha value is -1.51. The van der Waals surface area contributed by atoms with Gasteiger partial charge in [0.25, 0.3) is 5.91 Å². The predicted molar refractivity (Wildman–Crippen MR) is 68.3 cm³/mol. The molecule has 0 bridgehead atoms. The number of hydrogen-bond donors (Lipinski definition) is 1. The number of amides is 1. The lowest BCUT2D eigenvalue weighted by Crippen LogP contribution is -2.45. The zero-order chi connectivity index (χ0) is 12.6. The SMILES string of the molecule is CC(C)Cc1ccc2c(c1)NC(=O)C(C)(C)O2. The number of anilines is 1. The molecule has 3 nitrogen and oxygen atoms in total. The Bertz CT molecular complexity index is 450. The second-order valence-electron chi connectivity index (χ2n) is 5.49. The molecule has 1 amide bonds. The first kappa shape index (κ1) is 12.0. The molecular formula is C14H19NO2. The first-order valence-electron chi connectivity index (χ1n) is 6.02. The van der Waals surface area contributed by atoms with Crippen LogP contribution in [0.1, 0.15) is 33.3 Å². The van der Waals surface area contributed by atoms with Crippen molar-refractivity contribution in [3.8, 4) is 5.75 Å².